The Hall–Kier alpha value is -1.21. The molecule has 1 N–H and O–H groups in total. The first-order valence-corrected chi connectivity index (χ1v) is 9.65. The number of β-amino-alcohol motifs (C(OH)–C–C–N with tert-alkyl or cyclic N) is 1. The summed E-state index contributed by atoms with van der Waals surface area (Å²) in [6, 6.07) is 4.08. The number of piperidine rings is 1. The van der Waals surface area contributed by atoms with Crippen LogP contribution in [0.5, 0.6) is 0 Å². The molecular weight excluding hydrogens is 322 g/mol. The monoisotopic (exact) mass is 349 g/mol. The summed E-state index contributed by atoms with van der Waals surface area (Å²) in [5.74, 6) is 0.605. The van der Waals surface area contributed by atoms with E-state index >= 15 is 0 Å². The Bertz CT molecular complexity index is 591. The van der Waals surface area contributed by atoms with Gasteiger partial charge in [0.2, 0.25) is 0 Å². The van der Waals surface area contributed by atoms with Crippen molar-refractivity contribution < 1.29 is 9.84 Å². The van der Waals surface area contributed by atoms with Crippen molar-refractivity contribution in [3.8, 4) is 0 Å². The summed E-state index contributed by atoms with van der Waals surface area (Å²) in [7, 11) is 0. The van der Waals surface area contributed by atoms with Crippen LogP contribution in [0.3, 0.4) is 0 Å². The molecule has 0 bridgehead atoms. The molecule has 0 saturated carbocycles. The van der Waals surface area contributed by atoms with Gasteiger partial charge in [-0.05, 0) is 55.8 Å². The van der Waals surface area contributed by atoms with Gasteiger partial charge in [-0.25, -0.2) is 0 Å². The first-order chi connectivity index (χ1) is 11.7. The minimum atomic E-state index is -0.413. The number of thiophene rings is 1. The van der Waals surface area contributed by atoms with Crippen molar-refractivity contribution in [2.75, 3.05) is 26.2 Å². The van der Waals surface area contributed by atoms with Gasteiger partial charge in [0.05, 0.1) is 25.5 Å². The molecule has 1 saturated heterocycles. The van der Waals surface area contributed by atoms with E-state index in [1.807, 2.05) is 22.3 Å². The van der Waals surface area contributed by atoms with Crippen molar-refractivity contribution in [2.45, 2.75) is 44.9 Å². The van der Waals surface area contributed by atoms with E-state index in [4.69, 9.17) is 4.74 Å². The summed E-state index contributed by atoms with van der Waals surface area (Å²) in [6.07, 6.45) is 6.05. The van der Waals surface area contributed by atoms with Gasteiger partial charge in [0.25, 0.3) is 0 Å². The van der Waals surface area contributed by atoms with Gasteiger partial charge < -0.3 is 14.7 Å². The highest BCUT2D eigenvalue weighted by atomic mass is 32.1. The highest BCUT2D eigenvalue weighted by molar-refractivity contribution is 7.09. The molecule has 1 aliphatic rings. The smallest absolute Gasteiger partial charge is 0.0900 e. The van der Waals surface area contributed by atoms with Crippen LogP contribution in [0.2, 0.25) is 0 Å². The van der Waals surface area contributed by atoms with E-state index in [1.54, 1.807) is 11.3 Å². The Balaban J connectivity index is 1.35. The predicted molar refractivity (Wildman–Crippen MR) is 96.3 cm³/mol. The quantitative estimate of drug-likeness (QED) is 0.796. The van der Waals surface area contributed by atoms with Gasteiger partial charge in [-0.3, -0.25) is 4.68 Å². The van der Waals surface area contributed by atoms with Crippen LogP contribution in [-0.2, 0) is 17.9 Å². The number of aromatic nitrogens is 2. The van der Waals surface area contributed by atoms with Gasteiger partial charge in [-0.15, -0.1) is 11.3 Å². The van der Waals surface area contributed by atoms with E-state index in [0.717, 1.165) is 32.5 Å². The molecule has 0 aromatic carbocycles. The molecule has 2 aromatic heterocycles. The zero-order valence-electron chi connectivity index (χ0n) is 14.3. The van der Waals surface area contributed by atoms with Crippen LogP contribution < -0.4 is 0 Å². The number of ether oxygens (including phenoxy) is 1. The number of aryl methyl sites for hydroxylation is 1. The minimum Gasteiger partial charge on any atom is -0.389 e. The molecular formula is C18H27N3O2S. The second kappa shape index (κ2) is 8.76. The van der Waals surface area contributed by atoms with Gasteiger partial charge in [0.1, 0.15) is 0 Å². The first-order valence-electron chi connectivity index (χ1n) is 8.77. The number of hydrogen-bond donors (Lipinski definition) is 1. The summed E-state index contributed by atoms with van der Waals surface area (Å²) in [5.41, 5.74) is 1.36. The van der Waals surface area contributed by atoms with Crippen molar-refractivity contribution in [2.24, 2.45) is 0 Å². The van der Waals surface area contributed by atoms with Gasteiger partial charge in [-0.1, -0.05) is 6.07 Å². The number of hydrogen-bond acceptors (Lipinski definition) is 5. The van der Waals surface area contributed by atoms with Crippen LogP contribution in [0.4, 0.5) is 0 Å². The van der Waals surface area contributed by atoms with Crippen molar-refractivity contribution in [3.63, 3.8) is 0 Å². The third kappa shape index (κ3) is 4.89. The molecule has 1 aliphatic heterocycles. The average molecular weight is 350 g/mol. The topological polar surface area (TPSA) is 50.5 Å². The predicted octanol–water partition coefficient (Wildman–Crippen LogP) is 2.72. The van der Waals surface area contributed by atoms with Gasteiger partial charge >= 0.3 is 0 Å². The summed E-state index contributed by atoms with van der Waals surface area (Å²) in [5, 5.41) is 16.6. The van der Waals surface area contributed by atoms with E-state index < -0.39 is 6.10 Å². The van der Waals surface area contributed by atoms with E-state index in [2.05, 4.69) is 29.2 Å². The van der Waals surface area contributed by atoms with E-state index in [-0.39, 0.29) is 0 Å². The van der Waals surface area contributed by atoms with E-state index in [0.29, 0.717) is 25.7 Å². The van der Waals surface area contributed by atoms with E-state index in [1.165, 1.54) is 10.4 Å². The Morgan fingerprint density at radius 3 is 2.92 bits per heavy atom. The van der Waals surface area contributed by atoms with Crippen molar-refractivity contribution in [3.05, 3.63) is 40.3 Å². The minimum absolute atomic E-state index is 0.404. The fraction of sp³-hybridized carbons (Fsp3) is 0.611. The zero-order chi connectivity index (χ0) is 16.8. The number of likely N-dealkylation sites (tertiary alicyclic amines) is 1. The molecule has 132 valence electrons. The molecule has 1 atom stereocenters. The van der Waals surface area contributed by atoms with Crippen LogP contribution in [-0.4, -0.2) is 52.1 Å². The maximum Gasteiger partial charge on any atom is 0.0900 e. The summed E-state index contributed by atoms with van der Waals surface area (Å²) >= 11 is 1.69. The highest BCUT2D eigenvalue weighted by Gasteiger charge is 2.23. The second-order valence-electron chi connectivity index (χ2n) is 6.45. The van der Waals surface area contributed by atoms with Crippen molar-refractivity contribution in [1.29, 1.82) is 0 Å². The third-order valence-corrected chi connectivity index (χ3v) is 5.49. The molecule has 24 heavy (non-hydrogen) atoms. The lowest BCUT2D eigenvalue weighted by Gasteiger charge is -2.32. The fourth-order valence-electron chi connectivity index (χ4n) is 3.25. The number of rotatable bonds is 8. The molecule has 5 nitrogen and oxygen atoms in total. The molecule has 0 amide bonds. The normalized spacial score (nSPS) is 18.1. The van der Waals surface area contributed by atoms with Crippen LogP contribution in [0, 0.1) is 0 Å². The third-order valence-electron chi connectivity index (χ3n) is 4.64. The molecule has 3 rings (SSSR count). The standard InChI is InChI=1S/C18H27N3O2S/c1-2-21-11-16(10-19-21)15-5-7-20(8-6-15)12-17(22)13-23-14-18-4-3-9-24-18/h3-4,9-11,15,17,22H,2,5-8,12-14H2,1H3/t17-/m0/s1. The largest absolute Gasteiger partial charge is 0.389 e. The molecule has 6 heteroatoms. The Morgan fingerprint density at radius 1 is 1.42 bits per heavy atom. The average Bonchev–Trinajstić information content (AvgIpc) is 3.27. The molecule has 1 fully saturated rings. The molecule has 0 radical (unpaired) electrons. The Morgan fingerprint density at radius 2 is 2.25 bits per heavy atom. The lowest BCUT2D eigenvalue weighted by molar-refractivity contribution is 0.00695. The van der Waals surface area contributed by atoms with Crippen molar-refractivity contribution in [1.82, 2.24) is 14.7 Å². The fourth-order valence-corrected chi connectivity index (χ4v) is 3.89. The van der Waals surface area contributed by atoms with Gasteiger partial charge in [-0.2, -0.15) is 5.10 Å². The maximum absolute atomic E-state index is 10.2. The van der Waals surface area contributed by atoms with Crippen LogP contribution >= 0.6 is 11.3 Å². The lowest BCUT2D eigenvalue weighted by atomic mass is 9.91. The van der Waals surface area contributed by atoms with E-state index in [9.17, 15) is 5.11 Å². The van der Waals surface area contributed by atoms with Crippen LogP contribution in [0.15, 0.2) is 29.9 Å². The molecule has 0 unspecified atom stereocenters. The Kier molecular flexibility index (Phi) is 6.43. The molecule has 0 spiro atoms. The highest BCUT2D eigenvalue weighted by Crippen LogP contribution is 2.27. The maximum atomic E-state index is 10.2. The number of aliphatic hydroxyl groups is 1. The summed E-state index contributed by atoms with van der Waals surface area (Å²) in [6.45, 7) is 6.80. The summed E-state index contributed by atoms with van der Waals surface area (Å²) < 4.78 is 7.61. The Labute approximate surface area is 147 Å². The molecule has 2 aromatic rings. The van der Waals surface area contributed by atoms with Crippen LogP contribution in [0.25, 0.3) is 0 Å². The van der Waals surface area contributed by atoms with Gasteiger partial charge in [0.15, 0.2) is 0 Å². The second-order valence-corrected chi connectivity index (χ2v) is 7.48. The molecule has 3 heterocycles. The van der Waals surface area contributed by atoms with Crippen molar-refractivity contribution >= 4 is 11.3 Å². The SMILES string of the molecule is CCn1cc(C2CCN(C[C@H](O)COCc3cccs3)CC2)cn1. The van der Waals surface area contributed by atoms with Crippen LogP contribution in [0.1, 0.15) is 36.1 Å². The number of aliphatic hydroxyl groups excluding tert-OH is 1. The summed E-state index contributed by atoms with van der Waals surface area (Å²) in [4.78, 5) is 3.55. The lowest BCUT2D eigenvalue weighted by Crippen LogP contribution is -2.39. The first kappa shape index (κ1) is 17.6. The zero-order valence-corrected chi connectivity index (χ0v) is 15.1. The molecule has 0 aliphatic carbocycles. The number of nitrogens with zero attached hydrogens (tertiary/aromatic N) is 3. The van der Waals surface area contributed by atoms with Gasteiger partial charge in [0, 0.05) is 24.2 Å².